The Hall–Kier alpha value is -2.91. The number of fused-ring (bicyclic) bond motifs is 2. The van der Waals surface area contributed by atoms with Crippen molar-refractivity contribution >= 4 is 73.1 Å². The fraction of sp³-hybridized carbons (Fsp3) is 0.500. The van der Waals surface area contributed by atoms with Crippen molar-refractivity contribution in [2.75, 3.05) is 24.7 Å². The fourth-order valence-corrected chi connectivity index (χ4v) is 8.32. The number of nitrogens with zero attached hydrogens (tertiary/aromatic N) is 8. The first-order valence-corrected chi connectivity index (χ1v) is 22.7. The van der Waals surface area contributed by atoms with E-state index in [1.807, 2.05) is 0 Å². The van der Waals surface area contributed by atoms with Crippen LogP contribution >= 0.6 is 39.1 Å². The SMILES string of the molecule is Nc1ncnc2c1ncn2[C@@H]1O[C@H](COP(=O)(O)O)[C@@H](O)[C@H]1O.Nc1ncnc2c1ncn2[C@@H]1O[C@H](COP(=O)(O)OP(=O)(O)OP(=O)(O)O)[C@@H](O)[C@H]1O.O=P(O)(O)O. The molecule has 2 aliphatic rings. The maximum atomic E-state index is 11.8. The Morgan fingerprint density at radius 2 is 0.949 bits per heavy atom. The Bertz CT molecular complexity index is 2330. The van der Waals surface area contributed by atoms with Gasteiger partial charge < -0.3 is 85.4 Å². The minimum absolute atomic E-state index is 0.0426. The van der Waals surface area contributed by atoms with Crippen LogP contribution in [0.1, 0.15) is 12.5 Å². The molecule has 0 spiro atoms. The van der Waals surface area contributed by atoms with Crippen molar-refractivity contribution in [2.24, 2.45) is 0 Å². The summed E-state index contributed by atoms with van der Waals surface area (Å²) in [6, 6.07) is 0. The molecule has 4 aromatic heterocycles. The quantitative estimate of drug-likeness (QED) is 0.0596. The molecule has 59 heavy (non-hydrogen) atoms. The van der Waals surface area contributed by atoms with Crippen LogP contribution in [0, 0.1) is 0 Å². The molecule has 332 valence electrons. The standard InChI is InChI=1S/C10H16N5O13P3.C10H14N5O7P.H3O4P/c11-8-5-9(13-2-12-8)15(3-14-5)10-7(17)6(16)4(26-10)1-25-30(21,22)28-31(23,24)27-29(18,19)20;11-8-5-9(13-2-12-8)15(3-14-5)10-7(17)6(16)4(22-10)1-21-23(18,19)20;1-5(2,3)4/h2-4,6-7,10,16-17H,1H2,(H,21,22)(H,23,24)(H2,11,12,13)(H2,18,19,20);2-4,6-7,10,16-17H,1H2,(H2,11,12,13)(H2,18,19,20);(H3,1,2,3,4)/t2*4-,6-,7-,10-;/m11./s1. The Labute approximate surface area is 325 Å². The molecular weight excluding hydrogens is 919 g/mol. The molecule has 34 nitrogen and oxygen atoms in total. The Balaban J connectivity index is 0.000000241. The van der Waals surface area contributed by atoms with E-state index in [-0.39, 0.29) is 28.4 Å². The van der Waals surface area contributed by atoms with E-state index in [1.54, 1.807) is 0 Å². The number of hydrogen-bond acceptors (Lipinski definition) is 23. The average molecular weight is 952 g/mol. The molecule has 0 bridgehead atoms. The van der Waals surface area contributed by atoms with Gasteiger partial charge in [0, 0.05) is 0 Å². The molecule has 6 rings (SSSR count). The van der Waals surface area contributed by atoms with E-state index in [2.05, 4.69) is 47.6 Å². The second kappa shape index (κ2) is 18.6. The van der Waals surface area contributed by atoms with Gasteiger partial charge in [0.1, 0.15) is 60.3 Å². The number of phosphoric ester groups is 2. The Morgan fingerprint density at radius 1 is 0.559 bits per heavy atom. The molecule has 6 heterocycles. The maximum Gasteiger partial charge on any atom is 0.490 e. The highest BCUT2D eigenvalue weighted by atomic mass is 31.3. The van der Waals surface area contributed by atoms with E-state index in [9.17, 15) is 43.6 Å². The van der Waals surface area contributed by atoms with E-state index in [4.69, 9.17) is 64.7 Å². The predicted molar refractivity (Wildman–Crippen MR) is 183 cm³/mol. The van der Waals surface area contributed by atoms with Gasteiger partial charge in [-0.3, -0.25) is 18.2 Å². The lowest BCUT2D eigenvalue weighted by Gasteiger charge is -2.19. The summed E-state index contributed by atoms with van der Waals surface area (Å²) < 4.78 is 82.6. The number of nitrogen functional groups attached to an aromatic ring is 2. The van der Waals surface area contributed by atoms with E-state index >= 15 is 0 Å². The molecule has 2 fully saturated rings. The zero-order valence-corrected chi connectivity index (χ0v) is 33.1. The van der Waals surface area contributed by atoms with Crippen LogP contribution < -0.4 is 11.5 Å². The second-order valence-electron chi connectivity index (χ2n) is 11.4. The third-order valence-corrected chi connectivity index (χ3v) is 11.5. The van der Waals surface area contributed by atoms with Gasteiger partial charge in [0.05, 0.1) is 25.9 Å². The fourth-order valence-electron chi connectivity index (χ4n) is 4.95. The van der Waals surface area contributed by atoms with Crippen molar-refractivity contribution in [1.29, 1.82) is 0 Å². The largest absolute Gasteiger partial charge is 0.490 e. The molecule has 10 atom stereocenters. The van der Waals surface area contributed by atoms with Crippen LogP contribution in [0.2, 0.25) is 0 Å². The van der Waals surface area contributed by atoms with Crippen LogP contribution in [0.5, 0.6) is 0 Å². The normalized spacial score (nSPS) is 27.1. The highest BCUT2D eigenvalue weighted by Gasteiger charge is 2.48. The number of anilines is 2. The monoisotopic (exact) mass is 952 g/mol. The highest BCUT2D eigenvalue weighted by molar-refractivity contribution is 7.66. The summed E-state index contributed by atoms with van der Waals surface area (Å²) in [4.78, 5) is 98.0. The molecule has 0 aliphatic carbocycles. The van der Waals surface area contributed by atoms with Gasteiger partial charge in [0.2, 0.25) is 0 Å². The lowest BCUT2D eigenvalue weighted by molar-refractivity contribution is -0.0504. The van der Waals surface area contributed by atoms with E-state index in [0.717, 1.165) is 6.33 Å². The minimum Gasteiger partial charge on any atom is -0.387 e. The Morgan fingerprint density at radius 3 is 1.32 bits per heavy atom. The molecule has 2 aliphatic heterocycles. The van der Waals surface area contributed by atoms with E-state index < -0.39 is 101 Å². The zero-order chi connectivity index (χ0) is 44.5. The molecular formula is C20H33N10O24P5. The lowest BCUT2D eigenvalue weighted by atomic mass is 10.1. The van der Waals surface area contributed by atoms with Crippen LogP contribution in [0.4, 0.5) is 11.6 Å². The molecule has 39 heteroatoms. The smallest absolute Gasteiger partial charge is 0.387 e. The van der Waals surface area contributed by atoms with Gasteiger partial charge in [0.15, 0.2) is 35.4 Å². The van der Waals surface area contributed by atoms with E-state index in [0.29, 0.717) is 5.52 Å². The topological polar surface area (TPSA) is 543 Å². The van der Waals surface area contributed by atoms with E-state index in [1.165, 1.54) is 28.1 Å². The minimum atomic E-state index is -5.70. The first kappa shape index (κ1) is 48.8. The molecule has 0 radical (unpaired) electrons. The van der Waals surface area contributed by atoms with Crippen molar-refractivity contribution in [3.8, 4) is 0 Å². The number of phosphoric acid groups is 5. The van der Waals surface area contributed by atoms with Gasteiger partial charge in [-0.2, -0.15) is 8.62 Å². The van der Waals surface area contributed by atoms with Gasteiger partial charge in [-0.05, 0) is 0 Å². The number of aliphatic hydroxyl groups excluding tert-OH is 4. The predicted octanol–water partition coefficient (Wildman–Crippen LogP) is -4.42. The summed E-state index contributed by atoms with van der Waals surface area (Å²) in [5, 5.41) is 40.5. The first-order chi connectivity index (χ1) is 27.0. The number of ether oxygens (including phenoxy) is 2. The molecule has 0 amide bonds. The van der Waals surface area contributed by atoms with Gasteiger partial charge in [-0.15, -0.1) is 0 Å². The molecule has 4 aromatic rings. The number of aromatic nitrogens is 8. The number of hydrogen-bond donors (Lipinski definition) is 15. The van der Waals surface area contributed by atoms with Crippen LogP contribution in [0.25, 0.3) is 22.3 Å². The number of imidazole rings is 2. The van der Waals surface area contributed by atoms with Crippen LogP contribution in [0.15, 0.2) is 25.3 Å². The number of nitrogens with two attached hydrogens (primary N) is 2. The summed E-state index contributed by atoms with van der Waals surface area (Å²) in [5.41, 5.74) is 12.3. The molecule has 0 aromatic carbocycles. The summed E-state index contributed by atoms with van der Waals surface area (Å²) in [6.45, 7) is -1.55. The molecule has 2 saturated heterocycles. The van der Waals surface area contributed by atoms with Gasteiger partial charge in [0.25, 0.3) is 0 Å². The van der Waals surface area contributed by atoms with Crippen molar-refractivity contribution < 1.29 is 114 Å². The first-order valence-electron chi connectivity index (χ1n) is 15.1. The number of aliphatic hydroxyl groups is 4. The third-order valence-electron chi connectivity index (χ3n) is 7.22. The summed E-state index contributed by atoms with van der Waals surface area (Å²) in [6.07, 6.45) is -6.18. The second-order valence-corrected chi connectivity index (χ2v) is 18.1. The van der Waals surface area contributed by atoms with Crippen molar-refractivity contribution in [2.45, 2.75) is 49.1 Å². The molecule has 2 unspecified atom stereocenters. The van der Waals surface area contributed by atoms with Crippen LogP contribution in [-0.2, 0) is 50.0 Å². The summed E-state index contributed by atoms with van der Waals surface area (Å²) in [7, 11) is -26.0. The summed E-state index contributed by atoms with van der Waals surface area (Å²) >= 11 is 0. The number of rotatable bonds is 12. The molecule has 0 saturated carbocycles. The van der Waals surface area contributed by atoms with Gasteiger partial charge in [-0.1, -0.05) is 0 Å². The van der Waals surface area contributed by atoms with Crippen molar-refractivity contribution in [3.05, 3.63) is 25.3 Å². The lowest BCUT2D eigenvalue weighted by Crippen LogP contribution is -2.33. The Kier molecular flexibility index (Phi) is 15.4. The van der Waals surface area contributed by atoms with Gasteiger partial charge >= 0.3 is 39.1 Å². The van der Waals surface area contributed by atoms with Gasteiger partial charge in [-0.25, -0.2) is 52.7 Å². The maximum absolute atomic E-state index is 11.8. The molecule has 17 N–H and O–H groups in total. The average Bonchev–Trinajstić information content (AvgIpc) is 3.83. The highest BCUT2D eigenvalue weighted by Crippen LogP contribution is 2.66. The zero-order valence-electron chi connectivity index (χ0n) is 28.6. The van der Waals surface area contributed by atoms with Crippen LogP contribution in [-0.4, -0.2) is 153 Å². The summed E-state index contributed by atoms with van der Waals surface area (Å²) in [5.74, 6) is 0.184. The third kappa shape index (κ3) is 13.5. The van der Waals surface area contributed by atoms with Crippen molar-refractivity contribution in [3.63, 3.8) is 0 Å². The van der Waals surface area contributed by atoms with Crippen molar-refractivity contribution in [1.82, 2.24) is 39.0 Å². The van der Waals surface area contributed by atoms with Crippen LogP contribution in [0.3, 0.4) is 0 Å².